The predicted molar refractivity (Wildman–Crippen MR) is 312 cm³/mol. The van der Waals surface area contributed by atoms with Gasteiger partial charge in [0, 0.05) is 13.0 Å². The summed E-state index contributed by atoms with van der Waals surface area (Å²) in [6, 6.07) is 0. The number of carbonyl (C=O) groups is 1. The average molecular weight is 1090 g/mol. The molecule has 1 aliphatic heterocycles. The van der Waals surface area contributed by atoms with Gasteiger partial charge in [-0.3, -0.25) is 9.35 Å². The summed E-state index contributed by atoms with van der Waals surface area (Å²) >= 11 is 0. The van der Waals surface area contributed by atoms with Crippen molar-refractivity contribution in [2.75, 3.05) is 26.4 Å². The zero-order chi connectivity index (χ0) is 55.3. The Bertz CT molecular complexity index is 1780. The molecule has 0 saturated carbocycles. The normalized spacial score (nSPS) is 19.5. The summed E-state index contributed by atoms with van der Waals surface area (Å²) in [6.07, 6.45) is 66.5. The maximum absolute atomic E-state index is 13.0. The molecule has 0 bridgehead atoms. The molecule has 12 nitrogen and oxygen atoms in total. The Balaban J connectivity index is 2.32. The zero-order valence-corrected chi connectivity index (χ0v) is 47.8. The standard InChI is InChI=1S/C63H104O12S/c1-3-5-7-9-11-13-15-17-19-21-23-25-27-28-29-31-33-35-37-39-41-43-45-47-49-51-53-71-55-57(56-72-63-61(67)62(75-76(68,69)70)60(66)58(54-64)74-63)73-59(65)52-50-48-46-44-42-40-38-36-34-32-30-26-24-22-20-18-16-14-12-10-8-6-4-2/h5-8,11-14,17-20,23-26,28-29,32,34,57-58,60-64,66-67H,3-4,9-10,15-16,21-22,27,30-31,33,35-56H2,1-2H3,(H,68,69,70)/b7-5-,8-6-,13-11-,14-12-,19-17-,20-18-,25-23-,26-24-,29-28-,34-32-. The summed E-state index contributed by atoms with van der Waals surface area (Å²) in [4.78, 5) is 13.0. The van der Waals surface area contributed by atoms with E-state index < -0.39 is 59.8 Å². The van der Waals surface area contributed by atoms with Crippen molar-refractivity contribution >= 4 is 16.4 Å². The van der Waals surface area contributed by atoms with Gasteiger partial charge in [0.25, 0.3) is 0 Å². The molecule has 0 amide bonds. The summed E-state index contributed by atoms with van der Waals surface area (Å²) in [5.74, 6) is -0.416. The molecule has 6 unspecified atom stereocenters. The topological polar surface area (TPSA) is 178 Å². The molecule has 0 radical (unpaired) electrons. The number of unbranched alkanes of at least 4 members (excludes halogenated alkanes) is 17. The lowest BCUT2D eigenvalue weighted by Crippen LogP contribution is -2.60. The Kier molecular flexibility index (Phi) is 48.4. The monoisotopic (exact) mass is 1080 g/mol. The van der Waals surface area contributed by atoms with Crippen LogP contribution in [0.25, 0.3) is 0 Å². The highest BCUT2D eigenvalue weighted by Crippen LogP contribution is 2.26. The number of rotatable bonds is 50. The van der Waals surface area contributed by atoms with Crippen LogP contribution in [0.2, 0.25) is 0 Å². The SMILES string of the molecule is CC/C=C\C/C=C\C/C=C\C/C=C\C/C=C\CCCCCCCCCCCCOCC(COC1OC(CO)C(O)C(OS(=O)(=O)O)C1O)OC(=O)CCCCCCCCC/C=C\C/C=C\C/C=C\C/C=C\C/C=C\CC. The van der Waals surface area contributed by atoms with Crippen molar-refractivity contribution in [1.82, 2.24) is 0 Å². The van der Waals surface area contributed by atoms with Crippen LogP contribution in [0.4, 0.5) is 0 Å². The predicted octanol–water partition coefficient (Wildman–Crippen LogP) is 14.9. The molecule has 0 aromatic heterocycles. The van der Waals surface area contributed by atoms with Crippen LogP contribution in [0.1, 0.15) is 206 Å². The van der Waals surface area contributed by atoms with E-state index in [1.807, 2.05) is 0 Å². The van der Waals surface area contributed by atoms with E-state index in [1.165, 1.54) is 51.4 Å². The van der Waals surface area contributed by atoms with Crippen molar-refractivity contribution in [3.05, 3.63) is 122 Å². The quantitative estimate of drug-likeness (QED) is 0.0196. The minimum atomic E-state index is -5.08. The zero-order valence-electron chi connectivity index (χ0n) is 47.0. The fourth-order valence-corrected chi connectivity index (χ4v) is 8.76. The molecule has 4 N–H and O–H groups in total. The highest BCUT2D eigenvalue weighted by molar-refractivity contribution is 7.80. The third-order valence-electron chi connectivity index (χ3n) is 12.6. The van der Waals surface area contributed by atoms with E-state index >= 15 is 0 Å². The van der Waals surface area contributed by atoms with Gasteiger partial charge in [0.1, 0.15) is 30.5 Å². The number of aliphatic hydroxyl groups excluding tert-OH is 3. The van der Waals surface area contributed by atoms with Gasteiger partial charge in [-0.05, 0) is 103 Å². The second-order valence-electron chi connectivity index (χ2n) is 19.5. The van der Waals surface area contributed by atoms with Crippen molar-refractivity contribution in [3.8, 4) is 0 Å². The highest BCUT2D eigenvalue weighted by atomic mass is 32.3. The van der Waals surface area contributed by atoms with Crippen molar-refractivity contribution in [2.24, 2.45) is 0 Å². The van der Waals surface area contributed by atoms with Gasteiger partial charge in [-0.1, -0.05) is 219 Å². The molecular formula is C63H104O12S. The molecule has 1 fully saturated rings. The molecule has 1 aliphatic rings. The Morgan fingerprint density at radius 1 is 0.500 bits per heavy atom. The number of allylic oxidation sites excluding steroid dienone is 20. The molecule has 1 saturated heterocycles. The fourth-order valence-electron chi connectivity index (χ4n) is 8.26. The van der Waals surface area contributed by atoms with Gasteiger partial charge in [-0.2, -0.15) is 8.42 Å². The van der Waals surface area contributed by atoms with Crippen LogP contribution in [-0.4, -0.2) is 97.5 Å². The number of ether oxygens (including phenoxy) is 4. The lowest BCUT2D eigenvalue weighted by Gasteiger charge is -2.41. The first kappa shape index (κ1) is 70.5. The fraction of sp³-hybridized carbons (Fsp3) is 0.667. The van der Waals surface area contributed by atoms with Crippen molar-refractivity contribution in [3.63, 3.8) is 0 Å². The molecule has 1 rings (SSSR count). The summed E-state index contributed by atoms with van der Waals surface area (Å²) in [5.41, 5.74) is 0. The molecule has 76 heavy (non-hydrogen) atoms. The smallest absolute Gasteiger partial charge is 0.397 e. The molecule has 0 aliphatic carbocycles. The molecule has 6 atom stereocenters. The van der Waals surface area contributed by atoms with E-state index in [-0.39, 0.29) is 19.6 Å². The molecule has 0 aromatic rings. The lowest BCUT2D eigenvalue weighted by molar-refractivity contribution is -0.301. The molecule has 434 valence electrons. The van der Waals surface area contributed by atoms with Crippen molar-refractivity contribution in [1.29, 1.82) is 0 Å². The maximum Gasteiger partial charge on any atom is 0.397 e. The summed E-state index contributed by atoms with van der Waals surface area (Å²) in [7, 11) is -5.08. The van der Waals surface area contributed by atoms with Gasteiger partial charge < -0.3 is 34.3 Å². The summed E-state index contributed by atoms with van der Waals surface area (Å²) < 4.78 is 59.5. The summed E-state index contributed by atoms with van der Waals surface area (Å²) in [5, 5.41) is 30.9. The van der Waals surface area contributed by atoms with E-state index in [0.29, 0.717) is 13.0 Å². The van der Waals surface area contributed by atoms with E-state index in [0.717, 1.165) is 128 Å². The molecule has 13 heteroatoms. The van der Waals surface area contributed by atoms with Crippen LogP contribution in [0.3, 0.4) is 0 Å². The van der Waals surface area contributed by atoms with E-state index in [4.69, 9.17) is 18.9 Å². The Hall–Kier alpha value is -3.50. The van der Waals surface area contributed by atoms with Gasteiger partial charge >= 0.3 is 16.4 Å². The molecular weight excluding hydrogens is 981 g/mol. The first-order valence-electron chi connectivity index (χ1n) is 29.3. The first-order valence-corrected chi connectivity index (χ1v) is 30.7. The third kappa shape index (κ3) is 44.5. The minimum absolute atomic E-state index is 0.0201. The number of esters is 1. The van der Waals surface area contributed by atoms with Crippen LogP contribution < -0.4 is 0 Å². The Labute approximate surface area is 461 Å². The van der Waals surface area contributed by atoms with Gasteiger partial charge in [0.05, 0.1) is 19.8 Å². The van der Waals surface area contributed by atoms with E-state index in [9.17, 15) is 33.1 Å². The first-order chi connectivity index (χ1) is 37.1. The highest BCUT2D eigenvalue weighted by Gasteiger charge is 2.48. The van der Waals surface area contributed by atoms with Gasteiger partial charge in [-0.25, -0.2) is 4.18 Å². The Morgan fingerprint density at radius 2 is 0.868 bits per heavy atom. The molecule has 0 aromatic carbocycles. The summed E-state index contributed by atoms with van der Waals surface area (Å²) in [6.45, 7) is 3.74. The Morgan fingerprint density at radius 3 is 1.26 bits per heavy atom. The largest absolute Gasteiger partial charge is 0.457 e. The van der Waals surface area contributed by atoms with E-state index in [2.05, 4.69) is 140 Å². The number of hydrogen-bond donors (Lipinski definition) is 4. The molecule has 1 heterocycles. The lowest BCUT2D eigenvalue weighted by atomic mass is 9.99. The third-order valence-corrected chi connectivity index (χ3v) is 13.0. The second kappa shape index (κ2) is 52.2. The van der Waals surface area contributed by atoms with Gasteiger partial charge in [0.15, 0.2) is 6.29 Å². The molecule has 0 spiro atoms. The average Bonchev–Trinajstić information content (AvgIpc) is 3.40. The van der Waals surface area contributed by atoms with E-state index in [1.54, 1.807) is 0 Å². The van der Waals surface area contributed by atoms with Crippen LogP contribution in [0.15, 0.2) is 122 Å². The van der Waals surface area contributed by atoms with Crippen molar-refractivity contribution < 1.29 is 56.2 Å². The minimum Gasteiger partial charge on any atom is -0.457 e. The van der Waals surface area contributed by atoms with Crippen LogP contribution in [0, 0.1) is 0 Å². The number of carbonyl (C=O) groups excluding carboxylic acids is 1. The van der Waals surface area contributed by atoms with Gasteiger partial charge in [0.2, 0.25) is 0 Å². The number of aliphatic hydroxyl groups is 3. The maximum atomic E-state index is 13.0. The number of hydrogen-bond acceptors (Lipinski definition) is 11. The van der Waals surface area contributed by atoms with Crippen LogP contribution in [0.5, 0.6) is 0 Å². The van der Waals surface area contributed by atoms with Crippen LogP contribution in [-0.2, 0) is 38.3 Å². The second-order valence-corrected chi connectivity index (χ2v) is 20.5. The van der Waals surface area contributed by atoms with Crippen molar-refractivity contribution in [2.45, 2.75) is 243 Å². The van der Waals surface area contributed by atoms with Crippen LogP contribution >= 0.6 is 0 Å². The van der Waals surface area contributed by atoms with Gasteiger partial charge in [-0.15, -0.1) is 0 Å².